The third-order valence-electron chi connectivity index (χ3n) is 2.56. The summed E-state index contributed by atoms with van der Waals surface area (Å²) >= 11 is 0. The first-order valence-electron chi connectivity index (χ1n) is 5.37. The maximum Gasteiger partial charge on any atom is 0.138 e. The van der Waals surface area contributed by atoms with E-state index in [9.17, 15) is 0 Å². The molecule has 1 aromatic heterocycles. The molecular formula is C12H13N5. The number of nitrogens with zero attached hydrogens (tertiary/aromatic N) is 3. The summed E-state index contributed by atoms with van der Waals surface area (Å²) in [7, 11) is 0. The molecule has 0 fully saturated rings. The quantitative estimate of drug-likeness (QED) is 0.830. The first kappa shape index (κ1) is 11.3. The van der Waals surface area contributed by atoms with Crippen molar-refractivity contribution in [2.24, 2.45) is 0 Å². The van der Waals surface area contributed by atoms with Crippen LogP contribution >= 0.6 is 0 Å². The molecule has 0 saturated carbocycles. The highest BCUT2D eigenvalue weighted by Gasteiger charge is 2.06. The minimum atomic E-state index is 0.161. The number of benzene rings is 1. The molecule has 0 amide bonds. The van der Waals surface area contributed by atoms with Crippen molar-refractivity contribution in [1.29, 1.82) is 5.26 Å². The van der Waals surface area contributed by atoms with Crippen LogP contribution in [0.4, 0.5) is 0 Å². The molecule has 1 unspecified atom stereocenters. The topological polar surface area (TPSA) is 77.4 Å². The second-order valence-electron chi connectivity index (χ2n) is 3.77. The van der Waals surface area contributed by atoms with Gasteiger partial charge in [-0.1, -0.05) is 12.1 Å². The average Bonchev–Trinajstić information content (AvgIpc) is 2.89. The second-order valence-corrected chi connectivity index (χ2v) is 3.77. The molecule has 5 heteroatoms. The summed E-state index contributed by atoms with van der Waals surface area (Å²) in [5, 5.41) is 18.7. The number of hydrogen-bond donors (Lipinski definition) is 2. The minimum absolute atomic E-state index is 0.161. The molecule has 0 radical (unpaired) electrons. The van der Waals surface area contributed by atoms with Crippen LogP contribution in [0.25, 0.3) is 0 Å². The van der Waals surface area contributed by atoms with E-state index in [0.29, 0.717) is 12.1 Å². The Morgan fingerprint density at radius 3 is 3.12 bits per heavy atom. The van der Waals surface area contributed by atoms with Gasteiger partial charge >= 0.3 is 0 Å². The van der Waals surface area contributed by atoms with E-state index >= 15 is 0 Å². The van der Waals surface area contributed by atoms with E-state index < -0.39 is 0 Å². The molecule has 86 valence electrons. The van der Waals surface area contributed by atoms with Gasteiger partial charge in [-0.05, 0) is 24.6 Å². The number of rotatable bonds is 4. The lowest BCUT2D eigenvalue weighted by Crippen LogP contribution is -2.18. The van der Waals surface area contributed by atoms with E-state index in [0.717, 1.165) is 11.4 Å². The average molecular weight is 227 g/mol. The van der Waals surface area contributed by atoms with Gasteiger partial charge < -0.3 is 5.32 Å². The van der Waals surface area contributed by atoms with Crippen LogP contribution in [0.3, 0.4) is 0 Å². The molecule has 1 heterocycles. The lowest BCUT2D eigenvalue weighted by atomic mass is 10.1. The van der Waals surface area contributed by atoms with Gasteiger partial charge in [0.25, 0.3) is 0 Å². The molecule has 0 aliphatic heterocycles. The molecular weight excluding hydrogens is 214 g/mol. The Hall–Kier alpha value is -2.19. The summed E-state index contributed by atoms with van der Waals surface area (Å²) in [5.41, 5.74) is 1.76. The second kappa shape index (κ2) is 5.23. The van der Waals surface area contributed by atoms with Gasteiger partial charge in [0.15, 0.2) is 0 Å². The van der Waals surface area contributed by atoms with Gasteiger partial charge in [-0.15, -0.1) is 0 Å². The van der Waals surface area contributed by atoms with Crippen LogP contribution in [0.5, 0.6) is 0 Å². The van der Waals surface area contributed by atoms with Gasteiger partial charge in [-0.3, -0.25) is 5.10 Å². The van der Waals surface area contributed by atoms with Crippen LogP contribution < -0.4 is 5.32 Å². The summed E-state index contributed by atoms with van der Waals surface area (Å²) < 4.78 is 0. The largest absolute Gasteiger partial charge is 0.303 e. The van der Waals surface area contributed by atoms with Crippen molar-refractivity contribution < 1.29 is 0 Å². The van der Waals surface area contributed by atoms with Crippen molar-refractivity contribution in [3.63, 3.8) is 0 Å². The summed E-state index contributed by atoms with van der Waals surface area (Å²) in [6.07, 6.45) is 1.48. The molecule has 1 aromatic carbocycles. The van der Waals surface area contributed by atoms with E-state index in [4.69, 9.17) is 5.26 Å². The van der Waals surface area contributed by atoms with Crippen molar-refractivity contribution >= 4 is 0 Å². The fraction of sp³-hybridized carbons (Fsp3) is 0.250. The van der Waals surface area contributed by atoms with E-state index in [1.165, 1.54) is 6.33 Å². The van der Waals surface area contributed by atoms with Gasteiger partial charge in [-0.2, -0.15) is 10.4 Å². The number of aromatic nitrogens is 3. The lowest BCUT2D eigenvalue weighted by molar-refractivity contribution is 0.560. The number of hydrogen-bond acceptors (Lipinski definition) is 4. The van der Waals surface area contributed by atoms with Gasteiger partial charge in [0.1, 0.15) is 12.2 Å². The number of H-pyrrole nitrogens is 1. The SMILES string of the molecule is CC(NCc1ncn[nH]1)c1cccc(C#N)c1. The minimum Gasteiger partial charge on any atom is -0.303 e. The van der Waals surface area contributed by atoms with Crippen molar-refractivity contribution in [1.82, 2.24) is 20.5 Å². The Morgan fingerprint density at radius 2 is 2.41 bits per heavy atom. The number of nitriles is 1. The monoisotopic (exact) mass is 227 g/mol. The Kier molecular flexibility index (Phi) is 3.48. The molecule has 1 atom stereocenters. The fourth-order valence-corrected chi connectivity index (χ4v) is 1.56. The molecule has 0 saturated heterocycles. The van der Waals surface area contributed by atoms with E-state index in [-0.39, 0.29) is 6.04 Å². The first-order chi connectivity index (χ1) is 8.29. The summed E-state index contributed by atoms with van der Waals surface area (Å²) in [5.74, 6) is 0.799. The molecule has 0 spiro atoms. The maximum absolute atomic E-state index is 8.83. The highest BCUT2D eigenvalue weighted by atomic mass is 15.2. The summed E-state index contributed by atoms with van der Waals surface area (Å²) in [4.78, 5) is 4.03. The fourth-order valence-electron chi connectivity index (χ4n) is 1.56. The van der Waals surface area contributed by atoms with Crippen molar-refractivity contribution in [3.05, 3.63) is 47.5 Å². The predicted octanol–water partition coefficient (Wildman–Crippen LogP) is 1.53. The van der Waals surface area contributed by atoms with Crippen LogP contribution in [0.1, 0.15) is 29.9 Å². The van der Waals surface area contributed by atoms with Crippen LogP contribution in [0.15, 0.2) is 30.6 Å². The molecule has 2 aromatic rings. The van der Waals surface area contributed by atoms with Crippen LogP contribution in [0.2, 0.25) is 0 Å². The van der Waals surface area contributed by atoms with Crippen LogP contribution in [-0.4, -0.2) is 15.2 Å². The summed E-state index contributed by atoms with van der Waals surface area (Å²) in [6.45, 7) is 2.67. The van der Waals surface area contributed by atoms with Crippen LogP contribution in [0, 0.1) is 11.3 Å². The molecule has 0 bridgehead atoms. The highest BCUT2D eigenvalue weighted by Crippen LogP contribution is 2.13. The van der Waals surface area contributed by atoms with E-state index in [2.05, 4.69) is 26.6 Å². The van der Waals surface area contributed by atoms with Crippen molar-refractivity contribution in [3.8, 4) is 6.07 Å². The zero-order chi connectivity index (χ0) is 12.1. The third-order valence-corrected chi connectivity index (χ3v) is 2.56. The predicted molar refractivity (Wildman–Crippen MR) is 62.8 cm³/mol. The Morgan fingerprint density at radius 1 is 1.53 bits per heavy atom. The third kappa shape index (κ3) is 2.89. The molecule has 17 heavy (non-hydrogen) atoms. The maximum atomic E-state index is 8.83. The normalized spacial score (nSPS) is 12.0. The standard InChI is InChI=1S/C12H13N5/c1-9(14-7-12-15-8-16-17-12)11-4-2-3-10(5-11)6-13/h2-5,8-9,14H,7H2,1H3,(H,15,16,17). The zero-order valence-corrected chi connectivity index (χ0v) is 9.51. The van der Waals surface area contributed by atoms with E-state index in [1.807, 2.05) is 25.1 Å². The first-order valence-corrected chi connectivity index (χ1v) is 5.37. The lowest BCUT2D eigenvalue weighted by Gasteiger charge is -2.13. The molecule has 0 aliphatic rings. The molecule has 2 N–H and O–H groups in total. The van der Waals surface area contributed by atoms with Crippen molar-refractivity contribution in [2.45, 2.75) is 19.5 Å². The molecule has 0 aliphatic carbocycles. The smallest absolute Gasteiger partial charge is 0.138 e. The van der Waals surface area contributed by atoms with Gasteiger partial charge in [0.05, 0.1) is 18.2 Å². The highest BCUT2D eigenvalue weighted by molar-refractivity contribution is 5.33. The van der Waals surface area contributed by atoms with E-state index in [1.54, 1.807) is 6.07 Å². The Bertz CT molecular complexity index is 512. The molecule has 2 rings (SSSR count). The van der Waals surface area contributed by atoms with Gasteiger partial charge in [0, 0.05) is 6.04 Å². The number of nitrogens with one attached hydrogen (secondary N) is 2. The van der Waals surface area contributed by atoms with Gasteiger partial charge in [0.2, 0.25) is 0 Å². The Labute approximate surface area is 99.5 Å². The van der Waals surface area contributed by atoms with Gasteiger partial charge in [-0.25, -0.2) is 4.98 Å². The van der Waals surface area contributed by atoms with Crippen LogP contribution in [-0.2, 0) is 6.54 Å². The number of aromatic amines is 1. The summed E-state index contributed by atoms with van der Waals surface area (Å²) in [6, 6.07) is 9.87. The Balaban J connectivity index is 1.99. The zero-order valence-electron chi connectivity index (χ0n) is 9.51. The molecule has 5 nitrogen and oxygen atoms in total. The van der Waals surface area contributed by atoms with Crippen molar-refractivity contribution in [2.75, 3.05) is 0 Å².